The zero-order chi connectivity index (χ0) is 26.8. The highest BCUT2D eigenvalue weighted by Crippen LogP contribution is 2.35. The van der Waals surface area contributed by atoms with E-state index in [1.165, 1.54) is 35.6 Å². The predicted molar refractivity (Wildman–Crippen MR) is 153 cm³/mol. The summed E-state index contributed by atoms with van der Waals surface area (Å²) >= 11 is 0. The molecule has 1 saturated carbocycles. The molecule has 0 amide bonds. The van der Waals surface area contributed by atoms with E-state index in [4.69, 9.17) is 19.3 Å². The van der Waals surface area contributed by atoms with E-state index < -0.39 is 0 Å². The normalized spacial score (nSPS) is 17.2. The van der Waals surface area contributed by atoms with Gasteiger partial charge in [0, 0.05) is 19.3 Å². The standard InChI is InChI=1S/C33H46O5/c1-2-33(35)38-26-10-6-5-9-25-37-32-21-17-30(18-22-32)28-13-11-27(12-14-28)29-15-19-31(20-16-29)36-24-8-4-3-7-23-34/h2,11-14,17-18,21-22,29,31,34H,1,3-10,15-16,19-20,23-26H2. The highest BCUT2D eigenvalue weighted by molar-refractivity contribution is 5.81. The number of benzene rings is 2. The molecule has 0 aromatic heterocycles. The smallest absolute Gasteiger partial charge is 0.330 e. The lowest BCUT2D eigenvalue weighted by Crippen LogP contribution is -2.21. The molecule has 0 atom stereocenters. The van der Waals surface area contributed by atoms with Crippen LogP contribution in [0.2, 0.25) is 0 Å². The first-order chi connectivity index (χ1) is 18.7. The number of aliphatic hydroxyl groups is 1. The number of hydrogen-bond acceptors (Lipinski definition) is 5. The van der Waals surface area contributed by atoms with Crippen molar-refractivity contribution in [3.8, 4) is 16.9 Å². The lowest BCUT2D eigenvalue weighted by molar-refractivity contribution is -0.137. The van der Waals surface area contributed by atoms with Crippen LogP contribution < -0.4 is 4.74 Å². The number of esters is 1. The predicted octanol–water partition coefficient (Wildman–Crippen LogP) is 7.62. The summed E-state index contributed by atoms with van der Waals surface area (Å²) < 4.78 is 17.0. The minimum Gasteiger partial charge on any atom is -0.494 e. The van der Waals surface area contributed by atoms with Crippen LogP contribution in [-0.4, -0.2) is 43.6 Å². The first-order valence-corrected chi connectivity index (χ1v) is 14.5. The number of rotatable bonds is 18. The summed E-state index contributed by atoms with van der Waals surface area (Å²) in [5.41, 5.74) is 3.87. The molecule has 5 nitrogen and oxygen atoms in total. The molecule has 0 unspecified atom stereocenters. The molecule has 0 heterocycles. The second-order valence-electron chi connectivity index (χ2n) is 10.3. The van der Waals surface area contributed by atoms with Gasteiger partial charge in [-0.15, -0.1) is 0 Å². The quantitative estimate of drug-likeness (QED) is 0.124. The minimum atomic E-state index is -0.352. The van der Waals surface area contributed by atoms with Crippen LogP contribution in [0.1, 0.15) is 88.5 Å². The summed E-state index contributed by atoms with van der Waals surface area (Å²) in [6.07, 6.45) is 14.5. The van der Waals surface area contributed by atoms with Crippen molar-refractivity contribution in [2.24, 2.45) is 0 Å². The van der Waals surface area contributed by atoms with Gasteiger partial charge in [-0.05, 0) is 98.9 Å². The largest absolute Gasteiger partial charge is 0.494 e. The Morgan fingerprint density at radius 1 is 0.763 bits per heavy atom. The topological polar surface area (TPSA) is 65.0 Å². The number of ether oxygens (including phenoxy) is 3. The van der Waals surface area contributed by atoms with Crippen LogP contribution >= 0.6 is 0 Å². The fraction of sp³-hybridized carbons (Fsp3) is 0.545. The SMILES string of the molecule is C=CC(=O)OCCCCCCOc1ccc(-c2ccc(C3CCC(OCCCCCCO)CC3)cc2)cc1. The van der Waals surface area contributed by atoms with Gasteiger partial charge in [-0.1, -0.05) is 55.8 Å². The molecule has 0 aliphatic heterocycles. The van der Waals surface area contributed by atoms with Gasteiger partial charge in [-0.25, -0.2) is 4.79 Å². The summed E-state index contributed by atoms with van der Waals surface area (Å²) in [6, 6.07) is 17.4. The lowest BCUT2D eigenvalue weighted by atomic mass is 9.82. The third kappa shape index (κ3) is 11.0. The van der Waals surface area contributed by atoms with Gasteiger partial charge >= 0.3 is 5.97 Å². The molecule has 3 rings (SSSR count). The number of unbranched alkanes of at least 4 members (excludes halogenated alkanes) is 6. The molecule has 0 spiro atoms. The van der Waals surface area contributed by atoms with Gasteiger partial charge in [-0.2, -0.15) is 0 Å². The maximum atomic E-state index is 11.0. The zero-order valence-corrected chi connectivity index (χ0v) is 23.0. The first-order valence-electron chi connectivity index (χ1n) is 14.5. The van der Waals surface area contributed by atoms with E-state index in [9.17, 15) is 4.79 Å². The zero-order valence-electron chi connectivity index (χ0n) is 23.0. The van der Waals surface area contributed by atoms with E-state index in [0.717, 1.165) is 76.6 Å². The van der Waals surface area contributed by atoms with Crippen LogP contribution in [0, 0.1) is 0 Å². The molecule has 1 aliphatic rings. The van der Waals surface area contributed by atoms with Crippen molar-refractivity contribution in [1.82, 2.24) is 0 Å². The Labute approximate surface area is 229 Å². The molecule has 38 heavy (non-hydrogen) atoms. The second-order valence-corrected chi connectivity index (χ2v) is 10.3. The maximum Gasteiger partial charge on any atom is 0.330 e. The van der Waals surface area contributed by atoms with Gasteiger partial charge in [0.1, 0.15) is 5.75 Å². The fourth-order valence-corrected chi connectivity index (χ4v) is 5.05. The average Bonchev–Trinajstić information content (AvgIpc) is 2.97. The first kappa shape index (κ1) is 29.9. The molecule has 5 heteroatoms. The van der Waals surface area contributed by atoms with E-state index in [1.54, 1.807) is 0 Å². The van der Waals surface area contributed by atoms with Gasteiger partial charge in [0.05, 0.1) is 19.3 Å². The van der Waals surface area contributed by atoms with E-state index in [1.807, 2.05) is 12.1 Å². The second kappa shape index (κ2) is 17.8. The number of aliphatic hydroxyl groups excluding tert-OH is 1. The molecule has 2 aromatic carbocycles. The Hall–Kier alpha value is -2.63. The number of hydrogen-bond donors (Lipinski definition) is 1. The molecule has 0 radical (unpaired) electrons. The fourth-order valence-electron chi connectivity index (χ4n) is 5.05. The van der Waals surface area contributed by atoms with Crippen molar-refractivity contribution in [3.63, 3.8) is 0 Å². The maximum absolute atomic E-state index is 11.0. The van der Waals surface area contributed by atoms with Crippen molar-refractivity contribution >= 4 is 5.97 Å². The molecule has 0 bridgehead atoms. The van der Waals surface area contributed by atoms with Crippen molar-refractivity contribution in [2.75, 3.05) is 26.4 Å². The molecule has 2 aromatic rings. The van der Waals surface area contributed by atoms with Crippen LogP contribution in [0.3, 0.4) is 0 Å². The third-order valence-electron chi connectivity index (χ3n) is 7.37. The number of carbonyl (C=O) groups excluding carboxylic acids is 1. The number of carbonyl (C=O) groups is 1. The minimum absolute atomic E-state index is 0.301. The van der Waals surface area contributed by atoms with Gasteiger partial charge in [0.2, 0.25) is 0 Å². The summed E-state index contributed by atoms with van der Waals surface area (Å²) in [5.74, 6) is 1.18. The van der Waals surface area contributed by atoms with E-state index >= 15 is 0 Å². The molecule has 1 N–H and O–H groups in total. The third-order valence-corrected chi connectivity index (χ3v) is 7.37. The van der Waals surface area contributed by atoms with E-state index in [2.05, 4.69) is 43.0 Å². The molecular weight excluding hydrogens is 476 g/mol. The van der Waals surface area contributed by atoms with Crippen LogP contribution in [0.15, 0.2) is 61.2 Å². The van der Waals surface area contributed by atoms with Crippen LogP contribution in [0.5, 0.6) is 5.75 Å². The summed E-state index contributed by atoms with van der Waals surface area (Å²) in [5, 5.41) is 8.85. The highest BCUT2D eigenvalue weighted by Gasteiger charge is 2.22. The van der Waals surface area contributed by atoms with Gasteiger partial charge in [0.25, 0.3) is 0 Å². The monoisotopic (exact) mass is 522 g/mol. The van der Waals surface area contributed by atoms with Crippen molar-refractivity contribution < 1.29 is 24.1 Å². The Kier molecular flexibility index (Phi) is 14.0. The van der Waals surface area contributed by atoms with Crippen LogP contribution in [0.4, 0.5) is 0 Å². The van der Waals surface area contributed by atoms with Crippen molar-refractivity contribution in [2.45, 2.75) is 89.1 Å². The van der Waals surface area contributed by atoms with Crippen LogP contribution in [-0.2, 0) is 14.3 Å². The lowest BCUT2D eigenvalue weighted by Gasteiger charge is -2.29. The molecule has 208 valence electrons. The van der Waals surface area contributed by atoms with Gasteiger partial charge < -0.3 is 19.3 Å². The Balaban J connectivity index is 1.31. The Bertz CT molecular complexity index is 913. The van der Waals surface area contributed by atoms with E-state index in [-0.39, 0.29) is 5.97 Å². The molecular formula is C33H46O5. The van der Waals surface area contributed by atoms with Crippen molar-refractivity contribution in [3.05, 3.63) is 66.7 Å². The van der Waals surface area contributed by atoms with E-state index in [0.29, 0.717) is 31.8 Å². The molecule has 1 aliphatic carbocycles. The van der Waals surface area contributed by atoms with Gasteiger partial charge in [-0.3, -0.25) is 0 Å². The summed E-state index contributed by atoms with van der Waals surface area (Å²) in [6.45, 7) is 5.70. The summed E-state index contributed by atoms with van der Waals surface area (Å²) in [7, 11) is 0. The molecule has 0 saturated heterocycles. The Morgan fingerprint density at radius 3 is 1.97 bits per heavy atom. The molecule has 1 fully saturated rings. The van der Waals surface area contributed by atoms with Gasteiger partial charge in [0.15, 0.2) is 0 Å². The summed E-state index contributed by atoms with van der Waals surface area (Å²) in [4.78, 5) is 11.0. The van der Waals surface area contributed by atoms with Crippen LogP contribution in [0.25, 0.3) is 11.1 Å². The van der Waals surface area contributed by atoms with Crippen molar-refractivity contribution in [1.29, 1.82) is 0 Å². The average molecular weight is 523 g/mol. The highest BCUT2D eigenvalue weighted by atomic mass is 16.5. The Morgan fingerprint density at radius 2 is 1.34 bits per heavy atom.